The standard InChI is InChI=1S/C22H30N8O3/c1-28(2)7-5-6-24-21(32)19-10-16(13-30(19)4)27-20(31)17-9-15(11-25-17)26-22(33)18-8-14(23)12-29(18)3/h8-13,25H,5-7,23H2,1-4H3,(H,24,32)(H,26,33)(H,27,31). The molecule has 0 fully saturated rings. The lowest BCUT2D eigenvalue weighted by Crippen LogP contribution is -2.28. The summed E-state index contributed by atoms with van der Waals surface area (Å²) in [5.74, 6) is -0.949. The normalized spacial score (nSPS) is 10.9. The summed E-state index contributed by atoms with van der Waals surface area (Å²) in [4.78, 5) is 42.3. The second-order valence-electron chi connectivity index (χ2n) is 8.12. The van der Waals surface area contributed by atoms with Crippen LogP contribution in [0.5, 0.6) is 0 Å². The van der Waals surface area contributed by atoms with E-state index in [1.165, 1.54) is 12.3 Å². The molecule has 11 nitrogen and oxygen atoms in total. The molecule has 6 N–H and O–H groups in total. The summed E-state index contributed by atoms with van der Waals surface area (Å²) in [5, 5.41) is 8.36. The van der Waals surface area contributed by atoms with Gasteiger partial charge in [-0.1, -0.05) is 0 Å². The predicted octanol–water partition coefficient (Wildman–Crippen LogP) is 1.46. The quantitative estimate of drug-likeness (QED) is 0.311. The number of nitrogens with two attached hydrogens (primary N) is 1. The fraction of sp³-hybridized carbons (Fsp3) is 0.318. The summed E-state index contributed by atoms with van der Waals surface area (Å²) in [6.07, 6.45) is 5.67. The zero-order chi connectivity index (χ0) is 24.1. The van der Waals surface area contributed by atoms with Crippen LogP contribution in [0.4, 0.5) is 17.1 Å². The lowest BCUT2D eigenvalue weighted by Gasteiger charge is -2.10. The first kappa shape index (κ1) is 23.7. The molecule has 0 bridgehead atoms. The Kier molecular flexibility index (Phi) is 7.23. The average Bonchev–Trinajstić information content (AvgIpc) is 3.43. The van der Waals surface area contributed by atoms with Gasteiger partial charge in [-0.25, -0.2) is 0 Å². The van der Waals surface area contributed by atoms with Crippen molar-refractivity contribution in [2.75, 3.05) is 43.6 Å². The van der Waals surface area contributed by atoms with Crippen LogP contribution in [-0.2, 0) is 14.1 Å². The van der Waals surface area contributed by atoms with Crippen LogP contribution in [0.25, 0.3) is 0 Å². The number of carbonyl (C=O) groups excluding carboxylic acids is 3. The molecule has 176 valence electrons. The Morgan fingerprint density at radius 2 is 1.61 bits per heavy atom. The Balaban J connectivity index is 1.58. The molecule has 0 aliphatic rings. The molecule has 0 radical (unpaired) electrons. The van der Waals surface area contributed by atoms with Gasteiger partial charge < -0.3 is 40.7 Å². The van der Waals surface area contributed by atoms with E-state index in [1.54, 1.807) is 47.8 Å². The summed E-state index contributed by atoms with van der Waals surface area (Å²) in [6.45, 7) is 1.45. The smallest absolute Gasteiger partial charge is 0.272 e. The van der Waals surface area contributed by atoms with Gasteiger partial charge in [-0.3, -0.25) is 14.4 Å². The summed E-state index contributed by atoms with van der Waals surface area (Å²) in [5.41, 5.74) is 8.23. The first-order chi connectivity index (χ1) is 15.6. The molecule has 0 aromatic carbocycles. The second-order valence-corrected chi connectivity index (χ2v) is 8.12. The van der Waals surface area contributed by atoms with Crippen LogP contribution >= 0.6 is 0 Å². The van der Waals surface area contributed by atoms with Gasteiger partial charge in [-0.05, 0) is 45.3 Å². The molecule has 0 saturated carbocycles. The lowest BCUT2D eigenvalue weighted by atomic mass is 10.3. The maximum Gasteiger partial charge on any atom is 0.272 e. The van der Waals surface area contributed by atoms with E-state index in [2.05, 4.69) is 25.8 Å². The minimum Gasteiger partial charge on any atom is -0.397 e. The van der Waals surface area contributed by atoms with Crippen molar-refractivity contribution in [1.29, 1.82) is 0 Å². The Morgan fingerprint density at radius 1 is 0.939 bits per heavy atom. The summed E-state index contributed by atoms with van der Waals surface area (Å²) >= 11 is 0. The predicted molar refractivity (Wildman–Crippen MR) is 127 cm³/mol. The maximum atomic E-state index is 12.6. The van der Waals surface area contributed by atoms with Crippen molar-refractivity contribution in [3.05, 3.63) is 53.9 Å². The van der Waals surface area contributed by atoms with Crippen LogP contribution in [0.1, 0.15) is 37.9 Å². The van der Waals surface area contributed by atoms with Crippen molar-refractivity contribution in [2.45, 2.75) is 6.42 Å². The number of rotatable bonds is 9. The molecule has 3 aromatic heterocycles. The minimum absolute atomic E-state index is 0.206. The maximum absolute atomic E-state index is 12.6. The summed E-state index contributed by atoms with van der Waals surface area (Å²) in [6, 6.07) is 4.71. The number of aromatic nitrogens is 3. The summed E-state index contributed by atoms with van der Waals surface area (Å²) < 4.78 is 3.28. The number of aromatic amines is 1. The highest BCUT2D eigenvalue weighted by Crippen LogP contribution is 2.17. The molecule has 3 heterocycles. The molecule has 0 spiro atoms. The number of anilines is 3. The number of hydrogen-bond donors (Lipinski definition) is 5. The monoisotopic (exact) mass is 454 g/mol. The van der Waals surface area contributed by atoms with Crippen molar-refractivity contribution in [3.63, 3.8) is 0 Å². The molecule has 3 rings (SSSR count). The Morgan fingerprint density at radius 3 is 2.27 bits per heavy atom. The molecule has 3 aromatic rings. The van der Waals surface area contributed by atoms with Gasteiger partial charge in [0, 0.05) is 39.2 Å². The molecule has 0 unspecified atom stereocenters. The van der Waals surface area contributed by atoms with E-state index < -0.39 is 5.91 Å². The van der Waals surface area contributed by atoms with Gasteiger partial charge in [0.1, 0.15) is 17.1 Å². The topological polar surface area (TPSA) is 142 Å². The molecule has 0 aliphatic carbocycles. The van der Waals surface area contributed by atoms with Crippen molar-refractivity contribution < 1.29 is 14.4 Å². The first-order valence-electron chi connectivity index (χ1n) is 10.5. The minimum atomic E-state index is -0.401. The van der Waals surface area contributed by atoms with Gasteiger partial charge in [0.25, 0.3) is 17.7 Å². The van der Waals surface area contributed by atoms with Crippen LogP contribution in [0.15, 0.2) is 36.8 Å². The third kappa shape index (κ3) is 6.04. The second kappa shape index (κ2) is 10.1. The van der Waals surface area contributed by atoms with E-state index in [0.717, 1.165) is 13.0 Å². The Hall–Kier alpha value is -3.99. The fourth-order valence-corrected chi connectivity index (χ4v) is 3.35. The third-order valence-corrected chi connectivity index (χ3v) is 5.01. The van der Waals surface area contributed by atoms with Crippen LogP contribution in [0.3, 0.4) is 0 Å². The van der Waals surface area contributed by atoms with E-state index in [-0.39, 0.29) is 17.5 Å². The zero-order valence-electron chi connectivity index (χ0n) is 19.2. The van der Waals surface area contributed by atoms with Crippen molar-refractivity contribution in [1.82, 2.24) is 24.3 Å². The highest BCUT2D eigenvalue weighted by Gasteiger charge is 2.16. The number of nitrogens with one attached hydrogen (secondary N) is 4. The Bertz CT molecular complexity index is 1150. The van der Waals surface area contributed by atoms with E-state index in [0.29, 0.717) is 35.0 Å². The number of carbonyl (C=O) groups is 3. The first-order valence-corrected chi connectivity index (χ1v) is 10.5. The van der Waals surface area contributed by atoms with E-state index in [9.17, 15) is 14.4 Å². The van der Waals surface area contributed by atoms with Gasteiger partial charge in [0.2, 0.25) is 0 Å². The highest BCUT2D eigenvalue weighted by atomic mass is 16.2. The van der Waals surface area contributed by atoms with Crippen molar-refractivity contribution in [2.24, 2.45) is 14.1 Å². The van der Waals surface area contributed by atoms with Gasteiger partial charge in [-0.15, -0.1) is 0 Å². The molecule has 0 saturated heterocycles. The van der Waals surface area contributed by atoms with Gasteiger partial charge in [-0.2, -0.15) is 0 Å². The van der Waals surface area contributed by atoms with Crippen LogP contribution in [0.2, 0.25) is 0 Å². The van der Waals surface area contributed by atoms with E-state index in [4.69, 9.17) is 5.73 Å². The molecule has 33 heavy (non-hydrogen) atoms. The van der Waals surface area contributed by atoms with Crippen LogP contribution < -0.4 is 21.7 Å². The fourth-order valence-electron chi connectivity index (χ4n) is 3.35. The van der Waals surface area contributed by atoms with Crippen LogP contribution in [-0.4, -0.2) is 63.9 Å². The molecule has 11 heteroatoms. The SMILES string of the molecule is CN(C)CCCNC(=O)c1cc(NC(=O)c2cc(NC(=O)c3cc(N)cn3C)c[nH]2)cn1C. The lowest BCUT2D eigenvalue weighted by molar-refractivity contribution is 0.0942. The number of nitrogen functional groups attached to an aromatic ring is 1. The molecular weight excluding hydrogens is 424 g/mol. The van der Waals surface area contributed by atoms with E-state index >= 15 is 0 Å². The van der Waals surface area contributed by atoms with Crippen molar-refractivity contribution >= 4 is 34.8 Å². The highest BCUT2D eigenvalue weighted by molar-refractivity contribution is 6.07. The Labute approximate surface area is 191 Å². The third-order valence-electron chi connectivity index (χ3n) is 5.01. The number of H-pyrrole nitrogens is 1. The van der Waals surface area contributed by atoms with Gasteiger partial charge in [0.05, 0.1) is 17.1 Å². The molecule has 3 amide bonds. The van der Waals surface area contributed by atoms with Crippen LogP contribution in [0, 0.1) is 0 Å². The van der Waals surface area contributed by atoms with Gasteiger partial charge in [0.15, 0.2) is 0 Å². The number of hydrogen-bond acceptors (Lipinski definition) is 5. The van der Waals surface area contributed by atoms with Gasteiger partial charge >= 0.3 is 0 Å². The average molecular weight is 455 g/mol. The molecule has 0 atom stereocenters. The van der Waals surface area contributed by atoms with Crippen molar-refractivity contribution in [3.8, 4) is 0 Å². The van der Waals surface area contributed by atoms with E-state index in [1.807, 2.05) is 14.1 Å². The number of aryl methyl sites for hydroxylation is 2. The number of nitrogens with zero attached hydrogens (tertiary/aromatic N) is 3. The zero-order valence-corrected chi connectivity index (χ0v) is 19.2. The molecular formula is C22H30N8O3. The largest absolute Gasteiger partial charge is 0.397 e. The number of amides is 3. The summed E-state index contributed by atoms with van der Waals surface area (Å²) in [7, 11) is 7.42. The molecule has 0 aliphatic heterocycles.